The average Bonchev–Trinajstić information content (AvgIpc) is 2.33. The van der Waals surface area contributed by atoms with Crippen LogP contribution in [0.3, 0.4) is 0 Å². The molecule has 1 atom stereocenters. The number of phenols is 1. The largest absolute Gasteiger partial charge is 0.508 e. The summed E-state index contributed by atoms with van der Waals surface area (Å²) in [5, 5.41) is 20.6. The number of nitrogens with one attached hydrogen (secondary N) is 1. The van der Waals surface area contributed by atoms with E-state index in [9.17, 15) is 14.7 Å². The third-order valence-corrected chi connectivity index (χ3v) is 3.35. The summed E-state index contributed by atoms with van der Waals surface area (Å²) in [6.45, 7) is 5.11. The Morgan fingerprint density at radius 3 is 2.33 bits per heavy atom. The molecule has 1 aromatic rings. The van der Waals surface area contributed by atoms with Crippen LogP contribution in [0.15, 0.2) is 29.2 Å². The van der Waals surface area contributed by atoms with Gasteiger partial charge in [-0.3, -0.25) is 0 Å². The molecule has 0 saturated heterocycles. The number of alkyl carbamates (subject to hydrolysis) is 1. The van der Waals surface area contributed by atoms with E-state index in [2.05, 4.69) is 5.32 Å². The molecule has 0 aromatic heterocycles. The minimum atomic E-state index is -1.13. The third-order valence-electron chi connectivity index (χ3n) is 2.24. The number of carbonyl (C=O) groups is 2. The van der Waals surface area contributed by atoms with Crippen molar-refractivity contribution in [1.29, 1.82) is 0 Å². The van der Waals surface area contributed by atoms with Gasteiger partial charge in [-0.25, -0.2) is 9.59 Å². The zero-order valence-electron chi connectivity index (χ0n) is 12.1. The maximum atomic E-state index is 11.6. The van der Waals surface area contributed by atoms with Crippen LogP contribution >= 0.6 is 11.8 Å². The normalized spacial score (nSPS) is 12.5. The molecule has 0 bridgehead atoms. The molecule has 0 unspecified atom stereocenters. The van der Waals surface area contributed by atoms with E-state index in [-0.39, 0.29) is 11.5 Å². The Labute approximate surface area is 127 Å². The number of aromatic hydroxyl groups is 1. The first-order valence-corrected chi connectivity index (χ1v) is 7.30. The highest BCUT2D eigenvalue weighted by atomic mass is 32.2. The second-order valence-electron chi connectivity index (χ2n) is 5.34. The van der Waals surface area contributed by atoms with Crippen LogP contribution in [-0.4, -0.2) is 39.7 Å². The molecule has 0 saturated carbocycles. The summed E-state index contributed by atoms with van der Waals surface area (Å²) >= 11 is 1.26. The van der Waals surface area contributed by atoms with Crippen molar-refractivity contribution >= 4 is 23.8 Å². The number of amides is 1. The zero-order valence-corrected chi connectivity index (χ0v) is 12.9. The van der Waals surface area contributed by atoms with E-state index in [0.29, 0.717) is 0 Å². The van der Waals surface area contributed by atoms with E-state index in [1.807, 2.05) is 0 Å². The number of thioether (sulfide) groups is 1. The van der Waals surface area contributed by atoms with Gasteiger partial charge < -0.3 is 20.3 Å². The van der Waals surface area contributed by atoms with Crippen molar-refractivity contribution in [2.24, 2.45) is 0 Å². The average molecular weight is 313 g/mol. The van der Waals surface area contributed by atoms with Crippen LogP contribution in [0.2, 0.25) is 0 Å². The summed E-state index contributed by atoms with van der Waals surface area (Å²) < 4.78 is 5.03. The van der Waals surface area contributed by atoms with E-state index >= 15 is 0 Å². The van der Waals surface area contributed by atoms with Crippen LogP contribution in [-0.2, 0) is 9.53 Å². The number of carboxylic acid groups (broad SMARTS) is 1. The number of carboxylic acids is 1. The highest BCUT2D eigenvalue weighted by molar-refractivity contribution is 7.99. The highest BCUT2D eigenvalue weighted by Gasteiger charge is 2.24. The predicted molar refractivity (Wildman–Crippen MR) is 79.6 cm³/mol. The summed E-state index contributed by atoms with van der Waals surface area (Å²) in [4.78, 5) is 23.5. The quantitative estimate of drug-likeness (QED) is 0.723. The highest BCUT2D eigenvalue weighted by Crippen LogP contribution is 2.21. The van der Waals surface area contributed by atoms with Gasteiger partial charge in [0, 0.05) is 10.6 Å². The topological polar surface area (TPSA) is 95.9 Å². The SMILES string of the molecule is CC(C)(C)OC(=O)N[C@H](CSc1ccc(O)cc1)C(=O)O. The number of hydrogen-bond donors (Lipinski definition) is 3. The number of phenolic OH excluding ortho intramolecular Hbond substituents is 1. The van der Waals surface area contributed by atoms with Gasteiger partial charge in [-0.15, -0.1) is 11.8 Å². The Morgan fingerprint density at radius 1 is 1.29 bits per heavy atom. The number of aliphatic carboxylic acids is 1. The standard InChI is InChI=1S/C14H19NO5S/c1-14(2,3)20-13(19)15-11(12(17)18)8-21-10-6-4-9(16)5-7-10/h4-7,11,16H,8H2,1-3H3,(H,15,19)(H,17,18)/t11-/m1/s1. The molecule has 0 spiro atoms. The van der Waals surface area contributed by atoms with Gasteiger partial charge in [-0.05, 0) is 45.0 Å². The van der Waals surface area contributed by atoms with Gasteiger partial charge in [-0.1, -0.05) is 0 Å². The number of rotatable bonds is 5. The van der Waals surface area contributed by atoms with E-state index in [1.54, 1.807) is 32.9 Å². The Kier molecular flexibility index (Phi) is 5.90. The lowest BCUT2D eigenvalue weighted by molar-refractivity contribution is -0.138. The van der Waals surface area contributed by atoms with E-state index in [1.165, 1.54) is 23.9 Å². The van der Waals surface area contributed by atoms with Crippen LogP contribution < -0.4 is 5.32 Å². The first-order valence-electron chi connectivity index (χ1n) is 6.31. The molecule has 6 nitrogen and oxygen atoms in total. The third kappa shape index (κ3) is 6.89. The molecule has 0 radical (unpaired) electrons. The molecule has 0 aliphatic heterocycles. The summed E-state index contributed by atoms with van der Waals surface area (Å²) in [5.74, 6) is -0.840. The smallest absolute Gasteiger partial charge is 0.408 e. The summed E-state index contributed by atoms with van der Waals surface area (Å²) in [6, 6.07) is 5.32. The Hall–Kier alpha value is -1.89. The van der Waals surface area contributed by atoms with Crippen molar-refractivity contribution < 1.29 is 24.5 Å². The van der Waals surface area contributed by atoms with Crippen molar-refractivity contribution in [2.75, 3.05) is 5.75 Å². The first-order chi connectivity index (χ1) is 9.67. The number of carbonyl (C=O) groups excluding carboxylic acids is 1. The first kappa shape index (κ1) is 17.2. The van der Waals surface area contributed by atoms with Crippen molar-refractivity contribution in [2.45, 2.75) is 37.3 Å². The van der Waals surface area contributed by atoms with Crippen LogP contribution in [0.4, 0.5) is 4.79 Å². The maximum Gasteiger partial charge on any atom is 0.408 e. The molecule has 7 heteroatoms. The van der Waals surface area contributed by atoms with Gasteiger partial charge in [0.2, 0.25) is 0 Å². The molecule has 0 heterocycles. The number of ether oxygens (including phenoxy) is 1. The van der Waals surface area contributed by atoms with Gasteiger partial charge in [0.25, 0.3) is 0 Å². The lowest BCUT2D eigenvalue weighted by Gasteiger charge is -2.21. The van der Waals surface area contributed by atoms with Gasteiger partial charge in [-0.2, -0.15) is 0 Å². The summed E-state index contributed by atoms with van der Waals surface area (Å²) in [7, 11) is 0. The fourth-order valence-electron chi connectivity index (χ4n) is 1.35. The van der Waals surface area contributed by atoms with Crippen LogP contribution in [0.25, 0.3) is 0 Å². The van der Waals surface area contributed by atoms with Crippen molar-refractivity contribution in [3.63, 3.8) is 0 Å². The van der Waals surface area contributed by atoms with Crippen LogP contribution in [0, 0.1) is 0 Å². The van der Waals surface area contributed by atoms with Gasteiger partial charge in [0.15, 0.2) is 0 Å². The van der Waals surface area contributed by atoms with Crippen molar-refractivity contribution in [3.05, 3.63) is 24.3 Å². The monoisotopic (exact) mass is 313 g/mol. The van der Waals surface area contributed by atoms with E-state index in [4.69, 9.17) is 9.84 Å². The molecule has 116 valence electrons. The van der Waals surface area contributed by atoms with Crippen LogP contribution in [0.5, 0.6) is 5.75 Å². The lowest BCUT2D eigenvalue weighted by Crippen LogP contribution is -2.44. The molecule has 1 rings (SSSR count). The minimum absolute atomic E-state index is 0.140. The van der Waals surface area contributed by atoms with Gasteiger partial charge in [0.05, 0.1) is 0 Å². The van der Waals surface area contributed by atoms with Gasteiger partial charge in [0.1, 0.15) is 17.4 Å². The Bertz CT molecular complexity index is 495. The molecular weight excluding hydrogens is 294 g/mol. The van der Waals surface area contributed by atoms with E-state index < -0.39 is 23.7 Å². The van der Waals surface area contributed by atoms with E-state index in [0.717, 1.165) is 4.90 Å². The Balaban J connectivity index is 2.56. The molecule has 1 aromatic carbocycles. The lowest BCUT2D eigenvalue weighted by atomic mass is 10.2. The maximum absolute atomic E-state index is 11.6. The molecule has 1 amide bonds. The number of hydrogen-bond acceptors (Lipinski definition) is 5. The summed E-state index contributed by atoms with van der Waals surface area (Å²) in [6.07, 6.45) is -0.763. The molecule has 0 aliphatic carbocycles. The van der Waals surface area contributed by atoms with Crippen molar-refractivity contribution in [1.82, 2.24) is 5.32 Å². The summed E-state index contributed by atoms with van der Waals surface area (Å²) in [5.41, 5.74) is -0.683. The fraction of sp³-hybridized carbons (Fsp3) is 0.429. The molecule has 0 fully saturated rings. The fourth-order valence-corrected chi connectivity index (χ4v) is 2.26. The van der Waals surface area contributed by atoms with Crippen molar-refractivity contribution in [3.8, 4) is 5.75 Å². The molecule has 3 N–H and O–H groups in total. The Morgan fingerprint density at radius 2 is 1.86 bits per heavy atom. The van der Waals surface area contributed by atoms with Crippen LogP contribution in [0.1, 0.15) is 20.8 Å². The number of benzene rings is 1. The molecular formula is C14H19NO5S. The second kappa shape index (κ2) is 7.21. The molecule has 0 aliphatic rings. The second-order valence-corrected chi connectivity index (χ2v) is 6.44. The predicted octanol–water partition coefficient (Wildman–Crippen LogP) is 2.46. The zero-order chi connectivity index (χ0) is 16.0. The minimum Gasteiger partial charge on any atom is -0.508 e. The molecule has 21 heavy (non-hydrogen) atoms. The van der Waals surface area contributed by atoms with Gasteiger partial charge >= 0.3 is 12.1 Å².